The summed E-state index contributed by atoms with van der Waals surface area (Å²) in [5, 5.41) is 0. The lowest BCUT2D eigenvalue weighted by Gasteiger charge is -2.12. The average Bonchev–Trinajstić information content (AvgIpc) is 2.58. The van der Waals surface area contributed by atoms with Crippen LogP contribution in [0.4, 0.5) is 0 Å². The normalized spacial score (nSPS) is 12.8. The molecule has 0 aliphatic rings. The van der Waals surface area contributed by atoms with Gasteiger partial charge in [0.2, 0.25) is 0 Å². The Hall–Kier alpha value is -0.600. The van der Waals surface area contributed by atoms with E-state index in [1.54, 1.807) is 0 Å². The maximum Gasteiger partial charge on any atom is 0.0657 e. The van der Waals surface area contributed by atoms with Gasteiger partial charge in [0.05, 0.1) is 4.83 Å². The molecule has 2 rings (SSSR count). The summed E-state index contributed by atoms with van der Waals surface area (Å²) < 4.78 is 0. The highest BCUT2D eigenvalue weighted by molar-refractivity contribution is 9.09. The van der Waals surface area contributed by atoms with Crippen molar-refractivity contribution in [1.82, 2.24) is 0 Å². The summed E-state index contributed by atoms with van der Waals surface area (Å²) in [6.07, 6.45) is 0. The van der Waals surface area contributed by atoms with Crippen LogP contribution >= 0.6 is 27.3 Å². The fourth-order valence-electron chi connectivity index (χ4n) is 1.94. The molecular formula is C14H15BrS. The first-order chi connectivity index (χ1) is 7.59. The van der Waals surface area contributed by atoms with Crippen LogP contribution in [0.5, 0.6) is 0 Å². The molecule has 0 nitrogen and oxygen atoms in total. The first-order valence-electron chi connectivity index (χ1n) is 5.36. The molecule has 84 valence electrons. The van der Waals surface area contributed by atoms with Gasteiger partial charge in [-0.25, -0.2) is 0 Å². The molecule has 0 bridgehead atoms. The minimum absolute atomic E-state index is 0.318. The molecule has 0 spiro atoms. The van der Waals surface area contributed by atoms with Crippen molar-refractivity contribution in [1.29, 1.82) is 0 Å². The van der Waals surface area contributed by atoms with Crippen LogP contribution in [0.2, 0.25) is 0 Å². The Labute approximate surface area is 109 Å². The highest BCUT2D eigenvalue weighted by atomic mass is 79.9. The second kappa shape index (κ2) is 4.72. The lowest BCUT2D eigenvalue weighted by Crippen LogP contribution is -1.95. The number of rotatable bonds is 2. The largest absolute Gasteiger partial charge is 0.146 e. The summed E-state index contributed by atoms with van der Waals surface area (Å²) in [5.41, 5.74) is 4.10. The maximum absolute atomic E-state index is 3.82. The van der Waals surface area contributed by atoms with Crippen molar-refractivity contribution in [2.45, 2.75) is 25.6 Å². The fourth-order valence-corrected chi connectivity index (χ4v) is 4.05. The first-order valence-corrected chi connectivity index (χ1v) is 7.09. The number of halogens is 1. The molecule has 2 aromatic rings. The summed E-state index contributed by atoms with van der Waals surface area (Å²) in [5.74, 6) is 0. The van der Waals surface area contributed by atoms with E-state index in [1.165, 1.54) is 26.4 Å². The third-order valence-corrected chi connectivity index (χ3v) is 4.78. The van der Waals surface area contributed by atoms with Crippen molar-refractivity contribution in [3.63, 3.8) is 0 Å². The molecule has 0 saturated heterocycles. The summed E-state index contributed by atoms with van der Waals surface area (Å²) in [7, 11) is 0. The van der Waals surface area contributed by atoms with Crippen LogP contribution < -0.4 is 0 Å². The predicted octanol–water partition coefficient (Wildman–Crippen LogP) is 5.16. The smallest absolute Gasteiger partial charge is 0.0657 e. The van der Waals surface area contributed by atoms with E-state index in [0.717, 1.165) is 0 Å². The van der Waals surface area contributed by atoms with Crippen molar-refractivity contribution in [3.05, 3.63) is 56.8 Å². The maximum atomic E-state index is 3.82. The average molecular weight is 295 g/mol. The lowest BCUT2D eigenvalue weighted by molar-refractivity contribution is 1.14. The molecule has 1 aromatic heterocycles. The molecule has 1 aromatic carbocycles. The minimum Gasteiger partial charge on any atom is -0.146 e. The zero-order chi connectivity index (χ0) is 11.7. The van der Waals surface area contributed by atoms with E-state index in [-0.39, 0.29) is 0 Å². The van der Waals surface area contributed by atoms with Crippen LogP contribution in [0.15, 0.2) is 30.3 Å². The predicted molar refractivity (Wildman–Crippen MR) is 75.7 cm³/mol. The summed E-state index contributed by atoms with van der Waals surface area (Å²) in [4.78, 5) is 3.10. The van der Waals surface area contributed by atoms with Gasteiger partial charge in [0.1, 0.15) is 0 Å². The second-order valence-corrected chi connectivity index (χ2v) is 6.46. The van der Waals surface area contributed by atoms with Gasteiger partial charge in [-0.3, -0.25) is 0 Å². The molecule has 0 radical (unpaired) electrons. The third kappa shape index (κ3) is 2.23. The van der Waals surface area contributed by atoms with Gasteiger partial charge in [0, 0.05) is 9.75 Å². The molecule has 0 amide bonds. The van der Waals surface area contributed by atoms with Gasteiger partial charge in [0.15, 0.2) is 0 Å². The molecule has 0 N–H and O–H groups in total. The first kappa shape index (κ1) is 11.9. The molecule has 1 heterocycles. The van der Waals surface area contributed by atoms with E-state index in [4.69, 9.17) is 0 Å². The van der Waals surface area contributed by atoms with E-state index in [9.17, 15) is 0 Å². The Bertz CT molecular complexity index is 499. The number of alkyl halides is 1. The van der Waals surface area contributed by atoms with Gasteiger partial charge in [-0.05, 0) is 43.5 Å². The van der Waals surface area contributed by atoms with E-state index < -0.39 is 0 Å². The Morgan fingerprint density at radius 3 is 2.31 bits per heavy atom. The van der Waals surface area contributed by atoms with E-state index in [0.29, 0.717) is 4.83 Å². The van der Waals surface area contributed by atoms with Crippen LogP contribution in [0.25, 0.3) is 0 Å². The number of hydrogen-bond donors (Lipinski definition) is 0. The summed E-state index contributed by atoms with van der Waals surface area (Å²) in [6, 6.07) is 10.8. The fraction of sp³-hybridized carbons (Fsp3) is 0.286. The Morgan fingerprint density at radius 1 is 1.06 bits per heavy atom. The molecule has 1 atom stereocenters. The van der Waals surface area contributed by atoms with Gasteiger partial charge in [-0.1, -0.05) is 40.2 Å². The van der Waals surface area contributed by atoms with Gasteiger partial charge >= 0.3 is 0 Å². The van der Waals surface area contributed by atoms with E-state index in [2.05, 4.69) is 67.0 Å². The zero-order valence-electron chi connectivity index (χ0n) is 9.75. The highest BCUT2D eigenvalue weighted by Crippen LogP contribution is 2.37. The second-order valence-electron chi connectivity index (χ2n) is 4.09. The molecule has 0 fully saturated rings. The highest BCUT2D eigenvalue weighted by Gasteiger charge is 2.16. The van der Waals surface area contributed by atoms with E-state index in [1.807, 2.05) is 11.3 Å². The van der Waals surface area contributed by atoms with Gasteiger partial charge in [-0.2, -0.15) is 0 Å². The minimum atomic E-state index is 0.318. The summed E-state index contributed by atoms with van der Waals surface area (Å²) >= 11 is 5.68. The molecular weight excluding hydrogens is 280 g/mol. The molecule has 0 aliphatic heterocycles. The van der Waals surface area contributed by atoms with Crippen molar-refractivity contribution >= 4 is 27.3 Å². The molecule has 0 aliphatic carbocycles. The molecule has 1 unspecified atom stereocenters. The van der Waals surface area contributed by atoms with Crippen LogP contribution in [0, 0.1) is 20.8 Å². The van der Waals surface area contributed by atoms with Crippen LogP contribution in [0.1, 0.15) is 31.3 Å². The van der Waals surface area contributed by atoms with Gasteiger partial charge in [0.25, 0.3) is 0 Å². The van der Waals surface area contributed by atoms with Crippen molar-refractivity contribution in [2.24, 2.45) is 0 Å². The van der Waals surface area contributed by atoms with E-state index >= 15 is 0 Å². The van der Waals surface area contributed by atoms with Crippen LogP contribution in [-0.2, 0) is 0 Å². The Morgan fingerprint density at radius 2 is 1.75 bits per heavy atom. The number of aryl methyl sites for hydroxylation is 3. The summed E-state index contributed by atoms with van der Waals surface area (Å²) in [6.45, 7) is 6.52. The standard InChI is InChI=1S/C14H15BrS/c1-9-6-4-5-7-12(9)14(15)13-8-10(2)16-11(13)3/h4-8,14H,1-3H3. The number of hydrogen-bond acceptors (Lipinski definition) is 1. The van der Waals surface area contributed by atoms with Crippen molar-refractivity contribution in [2.75, 3.05) is 0 Å². The third-order valence-electron chi connectivity index (χ3n) is 2.81. The van der Waals surface area contributed by atoms with Crippen molar-refractivity contribution in [3.8, 4) is 0 Å². The van der Waals surface area contributed by atoms with Gasteiger partial charge < -0.3 is 0 Å². The topological polar surface area (TPSA) is 0 Å². The Kier molecular flexibility index (Phi) is 3.50. The van der Waals surface area contributed by atoms with Crippen molar-refractivity contribution < 1.29 is 0 Å². The van der Waals surface area contributed by atoms with Crippen LogP contribution in [0.3, 0.4) is 0 Å². The monoisotopic (exact) mass is 294 g/mol. The van der Waals surface area contributed by atoms with Crippen LogP contribution in [-0.4, -0.2) is 0 Å². The SMILES string of the molecule is Cc1cc(C(Br)c2ccccc2C)c(C)s1. The zero-order valence-corrected chi connectivity index (χ0v) is 12.2. The lowest BCUT2D eigenvalue weighted by atomic mass is 10.0. The molecule has 0 saturated carbocycles. The van der Waals surface area contributed by atoms with Gasteiger partial charge in [-0.15, -0.1) is 11.3 Å². The molecule has 16 heavy (non-hydrogen) atoms. The quantitative estimate of drug-likeness (QED) is 0.671. The number of thiophene rings is 1. The number of benzene rings is 1. The Balaban J connectivity index is 2.43. The molecule has 2 heteroatoms.